The van der Waals surface area contributed by atoms with E-state index >= 15 is 0 Å². The van der Waals surface area contributed by atoms with Gasteiger partial charge in [-0.1, -0.05) is 55.4 Å². The zero-order valence-corrected chi connectivity index (χ0v) is 23.5. The minimum Gasteiger partial charge on any atom is -0.463 e. The van der Waals surface area contributed by atoms with Crippen molar-refractivity contribution in [2.45, 2.75) is 92.0 Å². The predicted octanol–water partition coefficient (Wildman–Crippen LogP) is 2.83. The summed E-state index contributed by atoms with van der Waals surface area (Å²) in [7, 11) is 0. The number of ketones is 1. The van der Waals surface area contributed by atoms with Gasteiger partial charge in [-0.15, -0.1) is 0 Å². The molecule has 0 radical (unpaired) electrons. The van der Waals surface area contributed by atoms with Crippen molar-refractivity contribution in [1.29, 1.82) is 0 Å². The molecule has 208 valence electrons. The molecule has 3 atom stereocenters. The van der Waals surface area contributed by atoms with Crippen molar-refractivity contribution in [3.63, 3.8) is 0 Å². The SMILES string of the molecule is CC(=O)OC[C@@]1(n2ccc(=O)[nH]c2=O)C[C@@H]2COC(C(C)C)(C(C)C)OC(C(C)C)(C(C)C)O[C@H]2C1=O. The second kappa shape index (κ2) is 10.5. The maximum Gasteiger partial charge on any atom is 0.329 e. The molecule has 0 unspecified atom stereocenters. The molecular weight excluding hydrogens is 480 g/mol. The number of Topliss-reactive ketones (excluding diaryl/α,β-unsaturated/α-hetero) is 1. The van der Waals surface area contributed by atoms with Gasteiger partial charge in [0.15, 0.2) is 17.4 Å². The lowest BCUT2D eigenvalue weighted by atomic mass is 9.85. The number of carbonyl (C=O) groups excluding carboxylic acids is 2. The number of nitrogens with zero attached hydrogens (tertiary/aromatic N) is 1. The van der Waals surface area contributed by atoms with Gasteiger partial charge in [0.05, 0.1) is 6.61 Å². The van der Waals surface area contributed by atoms with Crippen LogP contribution in [-0.4, -0.2) is 52.2 Å². The van der Waals surface area contributed by atoms with E-state index in [9.17, 15) is 19.2 Å². The number of hydrogen-bond donors (Lipinski definition) is 1. The number of aromatic nitrogens is 2. The number of rotatable bonds is 7. The third-order valence-corrected chi connectivity index (χ3v) is 7.92. The Kier molecular flexibility index (Phi) is 8.27. The highest BCUT2D eigenvalue weighted by Crippen LogP contribution is 2.49. The molecular formula is C27H42N2O8. The Bertz CT molecular complexity index is 1100. The Hall–Kier alpha value is -2.30. The predicted molar refractivity (Wildman–Crippen MR) is 136 cm³/mol. The van der Waals surface area contributed by atoms with Crippen LogP contribution in [0.5, 0.6) is 0 Å². The number of fused-ring (bicyclic) bond motifs is 1. The van der Waals surface area contributed by atoms with E-state index in [4.69, 9.17) is 18.9 Å². The van der Waals surface area contributed by atoms with Crippen molar-refractivity contribution in [3.8, 4) is 0 Å². The molecule has 1 saturated heterocycles. The maximum atomic E-state index is 14.3. The first-order valence-corrected chi connectivity index (χ1v) is 13.1. The van der Waals surface area contributed by atoms with Gasteiger partial charge in [-0.05, 0) is 6.42 Å². The van der Waals surface area contributed by atoms with Crippen LogP contribution in [0.4, 0.5) is 0 Å². The molecule has 1 saturated carbocycles. The van der Waals surface area contributed by atoms with Crippen molar-refractivity contribution < 1.29 is 28.5 Å². The molecule has 2 fully saturated rings. The van der Waals surface area contributed by atoms with Gasteiger partial charge in [-0.25, -0.2) is 4.79 Å². The van der Waals surface area contributed by atoms with Crippen LogP contribution in [0, 0.1) is 29.6 Å². The third-order valence-electron chi connectivity index (χ3n) is 7.92. The summed E-state index contributed by atoms with van der Waals surface area (Å²) >= 11 is 0. The van der Waals surface area contributed by atoms with Gasteiger partial charge < -0.3 is 18.9 Å². The molecule has 0 aromatic carbocycles. The molecule has 1 N–H and O–H groups in total. The van der Waals surface area contributed by atoms with E-state index in [1.807, 2.05) is 55.4 Å². The molecule has 0 spiro atoms. The highest BCUT2D eigenvalue weighted by atomic mass is 16.8. The van der Waals surface area contributed by atoms with Crippen molar-refractivity contribution in [2.75, 3.05) is 13.2 Å². The van der Waals surface area contributed by atoms with Crippen molar-refractivity contribution in [2.24, 2.45) is 29.6 Å². The van der Waals surface area contributed by atoms with Crippen LogP contribution < -0.4 is 11.2 Å². The Morgan fingerprint density at radius 2 is 1.59 bits per heavy atom. The average molecular weight is 523 g/mol. The van der Waals surface area contributed by atoms with Crippen molar-refractivity contribution in [3.05, 3.63) is 33.1 Å². The van der Waals surface area contributed by atoms with Crippen LogP contribution in [0.25, 0.3) is 0 Å². The number of carbonyl (C=O) groups is 2. The molecule has 37 heavy (non-hydrogen) atoms. The van der Waals surface area contributed by atoms with E-state index < -0.39 is 52.1 Å². The monoisotopic (exact) mass is 522 g/mol. The fraction of sp³-hybridized carbons (Fsp3) is 0.778. The van der Waals surface area contributed by atoms with Crippen LogP contribution in [0.2, 0.25) is 0 Å². The van der Waals surface area contributed by atoms with Gasteiger partial charge in [-0.3, -0.25) is 23.9 Å². The van der Waals surface area contributed by atoms with Gasteiger partial charge in [0.1, 0.15) is 18.2 Å². The van der Waals surface area contributed by atoms with Gasteiger partial charge in [0, 0.05) is 48.8 Å². The van der Waals surface area contributed by atoms with E-state index in [2.05, 4.69) is 4.98 Å². The molecule has 0 bridgehead atoms. The minimum atomic E-state index is -1.58. The molecule has 2 aliphatic rings. The average Bonchev–Trinajstić information content (AvgIpc) is 3.02. The fourth-order valence-electron chi connectivity index (χ4n) is 5.96. The standard InChI is InChI=1S/C27H42N2O8/c1-15(2)26(16(3)4)35-13-20-12-25(14-34-19(9)30,29-11-10-21(31)28-24(29)33)23(32)22(20)36-27(37-26,17(5)6)18(7)8/h10-11,15-18,20,22H,12-14H2,1-9H3,(H,28,31,33)/t20-,22-,25+/m1/s1. The molecule has 0 amide bonds. The van der Waals surface area contributed by atoms with Gasteiger partial charge in [0.2, 0.25) is 0 Å². The summed E-state index contributed by atoms with van der Waals surface area (Å²) in [5.41, 5.74) is -2.93. The molecule has 10 nitrogen and oxygen atoms in total. The molecule has 10 heteroatoms. The van der Waals surface area contributed by atoms with Crippen molar-refractivity contribution >= 4 is 11.8 Å². The van der Waals surface area contributed by atoms with E-state index in [0.29, 0.717) is 0 Å². The highest BCUT2D eigenvalue weighted by Gasteiger charge is 2.62. The summed E-state index contributed by atoms with van der Waals surface area (Å²) in [5.74, 6) is -4.01. The number of esters is 1. The van der Waals surface area contributed by atoms with Gasteiger partial charge in [-0.2, -0.15) is 0 Å². The first-order valence-electron chi connectivity index (χ1n) is 13.1. The Labute approximate surface area is 218 Å². The first-order chi connectivity index (χ1) is 17.1. The van der Waals surface area contributed by atoms with E-state index in [-0.39, 0.29) is 43.3 Å². The molecule has 1 aliphatic heterocycles. The number of aromatic amines is 1. The molecule has 1 aromatic rings. The minimum absolute atomic E-state index is 0.0331. The highest BCUT2D eigenvalue weighted by molar-refractivity contribution is 5.93. The van der Waals surface area contributed by atoms with E-state index in [1.54, 1.807) is 0 Å². The van der Waals surface area contributed by atoms with Gasteiger partial charge in [0.25, 0.3) is 5.56 Å². The fourth-order valence-corrected chi connectivity index (χ4v) is 5.96. The summed E-state index contributed by atoms with van der Waals surface area (Å²) in [6.45, 7) is 17.1. The lowest BCUT2D eigenvalue weighted by Crippen LogP contribution is -2.62. The number of hydrogen-bond acceptors (Lipinski definition) is 8. The van der Waals surface area contributed by atoms with Crippen LogP contribution >= 0.6 is 0 Å². The molecule has 1 aromatic heterocycles. The topological polar surface area (TPSA) is 126 Å². The van der Waals surface area contributed by atoms with Crippen LogP contribution in [0.1, 0.15) is 68.7 Å². The summed E-state index contributed by atoms with van der Waals surface area (Å²) < 4.78 is 26.7. The molecule has 1 aliphatic carbocycles. The summed E-state index contributed by atoms with van der Waals surface area (Å²) in [4.78, 5) is 53.0. The smallest absolute Gasteiger partial charge is 0.329 e. The number of nitrogens with one attached hydrogen (secondary N) is 1. The second-order valence-electron chi connectivity index (χ2n) is 11.6. The molecule has 3 rings (SSSR count). The quantitative estimate of drug-likeness (QED) is 0.542. The summed E-state index contributed by atoms with van der Waals surface area (Å²) in [6.07, 6.45) is 0.398. The third kappa shape index (κ3) is 4.95. The zero-order valence-electron chi connectivity index (χ0n) is 23.5. The Morgan fingerprint density at radius 1 is 1.03 bits per heavy atom. The van der Waals surface area contributed by atoms with E-state index in [1.165, 1.54) is 19.2 Å². The Balaban J connectivity index is 2.22. The lowest BCUT2D eigenvalue weighted by Gasteiger charge is -2.53. The van der Waals surface area contributed by atoms with Crippen LogP contribution in [0.15, 0.2) is 21.9 Å². The molecule has 2 heterocycles. The first kappa shape index (κ1) is 29.3. The Morgan fingerprint density at radius 3 is 2.08 bits per heavy atom. The second-order valence-corrected chi connectivity index (χ2v) is 11.6. The number of ether oxygens (including phenoxy) is 4. The normalized spacial score (nSPS) is 27.4. The van der Waals surface area contributed by atoms with E-state index in [0.717, 1.165) is 4.57 Å². The van der Waals surface area contributed by atoms with Crippen LogP contribution in [0.3, 0.4) is 0 Å². The lowest BCUT2D eigenvalue weighted by molar-refractivity contribution is -0.431. The number of H-pyrrole nitrogens is 1. The zero-order chi connectivity index (χ0) is 27.9. The van der Waals surface area contributed by atoms with Crippen LogP contribution in [-0.2, 0) is 34.1 Å². The van der Waals surface area contributed by atoms with Crippen molar-refractivity contribution in [1.82, 2.24) is 9.55 Å². The maximum absolute atomic E-state index is 14.3. The summed E-state index contributed by atoms with van der Waals surface area (Å²) in [6, 6.07) is 1.17. The summed E-state index contributed by atoms with van der Waals surface area (Å²) in [5, 5.41) is 0. The largest absolute Gasteiger partial charge is 0.463 e. The van der Waals surface area contributed by atoms with Gasteiger partial charge >= 0.3 is 11.7 Å².